The first-order valence-electron chi connectivity index (χ1n) is 5.34. The Balaban J connectivity index is 2.23. The topological polar surface area (TPSA) is 13.1 Å². The molecule has 1 aromatic heterocycles. The molecule has 0 aromatic carbocycles. The predicted molar refractivity (Wildman–Crippen MR) is 53.9 cm³/mol. The monoisotopic (exact) mass is 178 g/mol. The van der Waals surface area contributed by atoms with Crippen LogP contribution < -0.4 is 0 Å². The van der Waals surface area contributed by atoms with Gasteiger partial charge >= 0.3 is 0 Å². The van der Waals surface area contributed by atoms with Gasteiger partial charge in [-0.2, -0.15) is 0 Å². The normalized spacial score (nSPS) is 20.8. The highest BCUT2D eigenvalue weighted by Crippen LogP contribution is 2.41. The Kier molecular flexibility index (Phi) is 2.19. The highest BCUT2D eigenvalue weighted by atomic mass is 16.3. The van der Waals surface area contributed by atoms with Crippen molar-refractivity contribution in [2.45, 2.75) is 51.4 Å². The summed E-state index contributed by atoms with van der Waals surface area (Å²) in [6.45, 7) is 4.47. The third kappa shape index (κ3) is 1.52. The number of hydrogen-bond acceptors (Lipinski definition) is 1. The molecule has 0 radical (unpaired) electrons. The summed E-state index contributed by atoms with van der Waals surface area (Å²) in [6, 6.07) is 4.29. The van der Waals surface area contributed by atoms with Crippen molar-refractivity contribution in [1.82, 2.24) is 0 Å². The van der Waals surface area contributed by atoms with Gasteiger partial charge in [-0.05, 0) is 25.0 Å². The van der Waals surface area contributed by atoms with Crippen molar-refractivity contribution in [2.24, 2.45) is 0 Å². The van der Waals surface area contributed by atoms with E-state index in [1.165, 1.54) is 31.4 Å². The van der Waals surface area contributed by atoms with E-state index in [2.05, 4.69) is 26.0 Å². The van der Waals surface area contributed by atoms with Crippen molar-refractivity contribution in [1.29, 1.82) is 0 Å². The Labute approximate surface area is 80.1 Å². The molecule has 2 rings (SSSR count). The van der Waals surface area contributed by atoms with Gasteiger partial charge in [0.15, 0.2) is 0 Å². The zero-order chi connectivity index (χ0) is 9.31. The third-order valence-electron chi connectivity index (χ3n) is 3.31. The average molecular weight is 178 g/mol. The first kappa shape index (κ1) is 8.86. The van der Waals surface area contributed by atoms with E-state index in [1.807, 2.05) is 0 Å². The van der Waals surface area contributed by atoms with E-state index in [1.54, 1.807) is 0 Å². The van der Waals surface area contributed by atoms with Gasteiger partial charge in [-0.1, -0.05) is 26.7 Å². The zero-order valence-electron chi connectivity index (χ0n) is 8.60. The Bertz CT molecular complexity index is 279. The van der Waals surface area contributed by atoms with Crippen LogP contribution in [0.4, 0.5) is 0 Å². The molecule has 0 unspecified atom stereocenters. The highest BCUT2D eigenvalue weighted by Gasteiger charge is 2.33. The van der Waals surface area contributed by atoms with Crippen LogP contribution in [-0.4, -0.2) is 0 Å². The van der Waals surface area contributed by atoms with Gasteiger partial charge in [0, 0.05) is 11.8 Å². The molecule has 0 spiro atoms. The van der Waals surface area contributed by atoms with Crippen molar-refractivity contribution in [3.05, 3.63) is 23.7 Å². The molecule has 72 valence electrons. The standard InChI is InChI=1S/C12H18O/c1-3-10-6-7-11(13-10)12(2)8-4-5-9-12/h6-7H,3-5,8-9H2,1-2H3. The van der Waals surface area contributed by atoms with Gasteiger partial charge in [-0.15, -0.1) is 0 Å². The molecule has 0 amide bonds. The lowest BCUT2D eigenvalue weighted by Gasteiger charge is -2.19. The first-order chi connectivity index (χ1) is 6.24. The van der Waals surface area contributed by atoms with Crippen molar-refractivity contribution < 1.29 is 4.42 Å². The molecule has 0 N–H and O–H groups in total. The highest BCUT2D eigenvalue weighted by molar-refractivity contribution is 5.17. The second kappa shape index (κ2) is 3.21. The van der Waals surface area contributed by atoms with Crippen molar-refractivity contribution in [3.8, 4) is 0 Å². The number of hydrogen-bond donors (Lipinski definition) is 0. The third-order valence-corrected chi connectivity index (χ3v) is 3.31. The molecule has 1 nitrogen and oxygen atoms in total. The molecule has 0 atom stereocenters. The summed E-state index contributed by atoms with van der Waals surface area (Å²) < 4.78 is 5.82. The quantitative estimate of drug-likeness (QED) is 0.673. The second-order valence-electron chi connectivity index (χ2n) is 4.39. The van der Waals surface area contributed by atoms with Gasteiger partial charge in [-0.25, -0.2) is 0 Å². The van der Waals surface area contributed by atoms with Crippen LogP contribution in [0.15, 0.2) is 16.5 Å². The van der Waals surface area contributed by atoms with Gasteiger partial charge in [0.2, 0.25) is 0 Å². The fourth-order valence-corrected chi connectivity index (χ4v) is 2.29. The summed E-state index contributed by atoms with van der Waals surface area (Å²) in [5, 5.41) is 0. The summed E-state index contributed by atoms with van der Waals surface area (Å²) in [5.41, 5.74) is 0.341. The number of furan rings is 1. The molecule has 0 saturated heterocycles. The lowest BCUT2D eigenvalue weighted by atomic mass is 9.86. The Hall–Kier alpha value is -0.720. The first-order valence-corrected chi connectivity index (χ1v) is 5.34. The molecule has 1 saturated carbocycles. The van der Waals surface area contributed by atoms with Crippen LogP contribution in [-0.2, 0) is 11.8 Å². The van der Waals surface area contributed by atoms with E-state index in [0.717, 1.165) is 12.2 Å². The summed E-state index contributed by atoms with van der Waals surface area (Å²) in [5.74, 6) is 2.34. The summed E-state index contributed by atoms with van der Waals surface area (Å²) in [7, 11) is 0. The van der Waals surface area contributed by atoms with Crippen molar-refractivity contribution in [2.75, 3.05) is 0 Å². The molecule has 1 heterocycles. The fraction of sp³-hybridized carbons (Fsp3) is 0.667. The van der Waals surface area contributed by atoms with E-state index in [9.17, 15) is 0 Å². The molecule has 1 fully saturated rings. The van der Waals surface area contributed by atoms with Crippen LogP contribution >= 0.6 is 0 Å². The van der Waals surface area contributed by atoms with Crippen LogP contribution in [0.3, 0.4) is 0 Å². The average Bonchev–Trinajstić information content (AvgIpc) is 2.72. The number of rotatable bonds is 2. The minimum atomic E-state index is 0.341. The minimum Gasteiger partial charge on any atom is -0.466 e. The molecule has 13 heavy (non-hydrogen) atoms. The predicted octanol–water partition coefficient (Wildman–Crippen LogP) is 3.67. The van der Waals surface area contributed by atoms with Crippen molar-refractivity contribution in [3.63, 3.8) is 0 Å². The van der Waals surface area contributed by atoms with Crippen LogP contribution in [0.1, 0.15) is 51.1 Å². The van der Waals surface area contributed by atoms with Gasteiger partial charge in [0.1, 0.15) is 11.5 Å². The van der Waals surface area contributed by atoms with E-state index in [-0.39, 0.29) is 0 Å². The molecule has 0 bridgehead atoms. The van der Waals surface area contributed by atoms with Gasteiger partial charge < -0.3 is 4.42 Å². The molecule has 1 aliphatic rings. The van der Waals surface area contributed by atoms with Gasteiger partial charge in [0.25, 0.3) is 0 Å². The smallest absolute Gasteiger partial charge is 0.110 e. The van der Waals surface area contributed by atoms with Crippen molar-refractivity contribution >= 4 is 0 Å². The van der Waals surface area contributed by atoms with Crippen LogP contribution in [0.2, 0.25) is 0 Å². The second-order valence-corrected chi connectivity index (χ2v) is 4.39. The Morgan fingerprint density at radius 2 is 2.00 bits per heavy atom. The summed E-state index contributed by atoms with van der Waals surface area (Å²) in [4.78, 5) is 0. The molecule has 1 aromatic rings. The Morgan fingerprint density at radius 1 is 1.31 bits per heavy atom. The van der Waals surface area contributed by atoms with Gasteiger partial charge in [-0.3, -0.25) is 0 Å². The molecular weight excluding hydrogens is 160 g/mol. The fourth-order valence-electron chi connectivity index (χ4n) is 2.29. The van der Waals surface area contributed by atoms with Crippen LogP contribution in [0, 0.1) is 0 Å². The lowest BCUT2D eigenvalue weighted by molar-refractivity contribution is 0.352. The van der Waals surface area contributed by atoms with Crippen LogP contribution in [0.25, 0.3) is 0 Å². The van der Waals surface area contributed by atoms with E-state index in [0.29, 0.717) is 5.41 Å². The Morgan fingerprint density at radius 3 is 2.54 bits per heavy atom. The number of aryl methyl sites for hydroxylation is 1. The summed E-state index contributed by atoms with van der Waals surface area (Å²) in [6.07, 6.45) is 6.32. The lowest BCUT2D eigenvalue weighted by Crippen LogP contribution is -2.15. The summed E-state index contributed by atoms with van der Waals surface area (Å²) >= 11 is 0. The maximum atomic E-state index is 5.82. The largest absolute Gasteiger partial charge is 0.466 e. The SMILES string of the molecule is CCc1ccc(C2(C)CCCC2)o1. The maximum absolute atomic E-state index is 5.82. The van der Waals surface area contributed by atoms with Gasteiger partial charge in [0.05, 0.1) is 0 Å². The van der Waals surface area contributed by atoms with E-state index < -0.39 is 0 Å². The molecule has 0 aliphatic heterocycles. The van der Waals surface area contributed by atoms with E-state index >= 15 is 0 Å². The maximum Gasteiger partial charge on any atom is 0.110 e. The van der Waals surface area contributed by atoms with Crippen LogP contribution in [0.5, 0.6) is 0 Å². The molecular formula is C12H18O. The molecule has 1 heteroatoms. The molecule has 1 aliphatic carbocycles. The zero-order valence-corrected chi connectivity index (χ0v) is 8.60. The van der Waals surface area contributed by atoms with E-state index in [4.69, 9.17) is 4.42 Å². The minimum absolute atomic E-state index is 0.341.